The maximum Gasteiger partial charge on any atom is 0.408 e. The van der Waals surface area contributed by atoms with Crippen LogP contribution in [0.5, 0.6) is 5.75 Å². The van der Waals surface area contributed by atoms with Gasteiger partial charge in [-0.15, -0.1) is 0 Å². The Balaban J connectivity index is 3.02. The van der Waals surface area contributed by atoms with Crippen molar-refractivity contribution in [3.05, 3.63) is 40.3 Å². The number of rotatable bonds is 10. The molecule has 0 bridgehead atoms. The van der Waals surface area contributed by atoms with Crippen LogP contribution in [0.15, 0.2) is 29.4 Å². The third-order valence-electron chi connectivity index (χ3n) is 4.37. The van der Waals surface area contributed by atoms with Crippen molar-refractivity contribution in [3.63, 3.8) is 0 Å². The topological polar surface area (TPSA) is 146 Å². The Morgan fingerprint density at radius 1 is 1.09 bits per heavy atom. The molecule has 1 aromatic rings. The van der Waals surface area contributed by atoms with Crippen molar-refractivity contribution in [2.45, 2.75) is 52.3 Å². The van der Waals surface area contributed by atoms with Gasteiger partial charge in [-0.2, -0.15) is 0 Å². The van der Waals surface area contributed by atoms with E-state index >= 15 is 0 Å². The molecule has 32 heavy (non-hydrogen) atoms. The number of azide groups is 1. The van der Waals surface area contributed by atoms with Gasteiger partial charge in [-0.05, 0) is 57.8 Å². The summed E-state index contributed by atoms with van der Waals surface area (Å²) in [5, 5.41) is 8.48. The average Bonchev–Trinajstić information content (AvgIpc) is 2.72. The molecule has 176 valence electrons. The van der Waals surface area contributed by atoms with Crippen molar-refractivity contribution in [2.24, 2.45) is 5.11 Å². The highest BCUT2D eigenvalue weighted by Gasteiger charge is 2.37. The maximum absolute atomic E-state index is 13.1. The van der Waals surface area contributed by atoms with Crippen molar-refractivity contribution in [1.29, 1.82) is 0 Å². The summed E-state index contributed by atoms with van der Waals surface area (Å²) in [5.74, 6) is -0.236. The Bertz CT molecular complexity index is 841. The summed E-state index contributed by atoms with van der Waals surface area (Å²) in [6.07, 6.45) is -0.730. The number of nitrogens with one attached hydrogen (secondary N) is 2. The van der Waals surface area contributed by atoms with Crippen LogP contribution in [0.4, 0.5) is 4.79 Å². The summed E-state index contributed by atoms with van der Waals surface area (Å²) in [7, 11) is 1.55. The fourth-order valence-electron chi connectivity index (χ4n) is 2.67. The summed E-state index contributed by atoms with van der Waals surface area (Å²) in [6, 6.07) is 7.08. The van der Waals surface area contributed by atoms with Crippen LogP contribution in [0.2, 0.25) is 0 Å². The van der Waals surface area contributed by atoms with Gasteiger partial charge in [0.2, 0.25) is 11.8 Å². The highest BCUT2D eigenvalue weighted by molar-refractivity contribution is 5.92. The highest BCUT2D eigenvalue weighted by atomic mass is 16.6. The number of carbonyl (C=O) groups excluding carboxylic acids is 3. The molecule has 0 saturated heterocycles. The lowest BCUT2D eigenvalue weighted by molar-refractivity contribution is -0.146. The third kappa shape index (κ3) is 8.73. The SMILES string of the molecule is COc1ccc(CN(C(=O)CNC(=O)OC(C)(C)C)C(C)(C)C(=O)NCCN=[N+]=[N-])cc1. The quantitative estimate of drug-likeness (QED) is 0.245. The molecule has 1 aromatic carbocycles. The highest BCUT2D eigenvalue weighted by Crippen LogP contribution is 2.21. The summed E-state index contributed by atoms with van der Waals surface area (Å²) < 4.78 is 10.3. The van der Waals surface area contributed by atoms with Gasteiger partial charge < -0.3 is 25.0 Å². The van der Waals surface area contributed by atoms with Gasteiger partial charge in [-0.3, -0.25) is 9.59 Å². The van der Waals surface area contributed by atoms with E-state index in [0.717, 1.165) is 5.56 Å². The van der Waals surface area contributed by atoms with Gasteiger partial charge in [-0.25, -0.2) is 4.79 Å². The molecular formula is C21H32N6O5. The van der Waals surface area contributed by atoms with E-state index in [0.29, 0.717) is 5.75 Å². The zero-order chi connectivity index (χ0) is 24.4. The van der Waals surface area contributed by atoms with Gasteiger partial charge >= 0.3 is 6.09 Å². The molecule has 0 aromatic heterocycles. The molecule has 0 fully saturated rings. The van der Waals surface area contributed by atoms with Crippen molar-refractivity contribution in [2.75, 3.05) is 26.7 Å². The number of nitrogens with zero attached hydrogens (tertiary/aromatic N) is 4. The lowest BCUT2D eigenvalue weighted by atomic mass is 9.99. The Morgan fingerprint density at radius 2 is 1.72 bits per heavy atom. The van der Waals surface area contributed by atoms with Gasteiger partial charge in [0.1, 0.15) is 23.4 Å². The minimum Gasteiger partial charge on any atom is -0.497 e. The summed E-state index contributed by atoms with van der Waals surface area (Å²) in [4.78, 5) is 41.8. The van der Waals surface area contributed by atoms with Gasteiger partial charge in [0.25, 0.3) is 0 Å². The first-order chi connectivity index (χ1) is 14.9. The second-order valence-corrected chi connectivity index (χ2v) is 8.45. The Hall–Kier alpha value is -3.46. The van der Waals surface area contributed by atoms with Crippen LogP contribution in [0.1, 0.15) is 40.2 Å². The molecular weight excluding hydrogens is 416 g/mol. The predicted octanol–water partition coefficient (Wildman–Crippen LogP) is 2.75. The zero-order valence-corrected chi connectivity index (χ0v) is 19.5. The lowest BCUT2D eigenvalue weighted by Crippen LogP contribution is -2.58. The molecule has 3 amide bonds. The van der Waals surface area contributed by atoms with E-state index in [-0.39, 0.29) is 26.2 Å². The molecule has 11 nitrogen and oxygen atoms in total. The number of ether oxygens (including phenoxy) is 2. The molecule has 11 heteroatoms. The smallest absolute Gasteiger partial charge is 0.408 e. The number of hydrogen-bond donors (Lipinski definition) is 2. The van der Waals surface area contributed by atoms with E-state index in [1.165, 1.54) is 4.90 Å². The van der Waals surface area contributed by atoms with Gasteiger partial charge in [-0.1, -0.05) is 17.2 Å². The molecule has 0 heterocycles. The predicted molar refractivity (Wildman–Crippen MR) is 119 cm³/mol. The second kappa shape index (κ2) is 11.8. The van der Waals surface area contributed by atoms with E-state index in [1.807, 2.05) is 0 Å². The van der Waals surface area contributed by atoms with Crippen LogP contribution in [-0.4, -0.2) is 60.7 Å². The zero-order valence-electron chi connectivity index (χ0n) is 19.5. The van der Waals surface area contributed by atoms with Crippen molar-refractivity contribution in [1.82, 2.24) is 15.5 Å². The first-order valence-corrected chi connectivity index (χ1v) is 10.1. The normalized spacial score (nSPS) is 11.1. The number of hydrogen-bond acceptors (Lipinski definition) is 6. The molecule has 0 aliphatic heterocycles. The molecule has 0 unspecified atom stereocenters. The van der Waals surface area contributed by atoms with E-state index in [9.17, 15) is 14.4 Å². The molecule has 0 radical (unpaired) electrons. The Morgan fingerprint density at radius 3 is 2.25 bits per heavy atom. The van der Waals surface area contributed by atoms with Gasteiger partial charge in [0.15, 0.2) is 0 Å². The van der Waals surface area contributed by atoms with Crippen molar-refractivity contribution < 1.29 is 23.9 Å². The van der Waals surface area contributed by atoms with Crippen LogP contribution in [0.25, 0.3) is 10.4 Å². The minimum atomic E-state index is -1.26. The second-order valence-electron chi connectivity index (χ2n) is 8.45. The monoisotopic (exact) mass is 448 g/mol. The summed E-state index contributed by atoms with van der Waals surface area (Å²) in [6.45, 7) is 8.35. The van der Waals surface area contributed by atoms with Gasteiger partial charge in [0, 0.05) is 24.5 Å². The summed E-state index contributed by atoms with van der Waals surface area (Å²) >= 11 is 0. The first-order valence-electron chi connectivity index (χ1n) is 10.1. The van der Waals surface area contributed by atoms with Crippen LogP contribution in [0.3, 0.4) is 0 Å². The molecule has 0 atom stereocenters. The number of benzene rings is 1. The van der Waals surface area contributed by atoms with Crippen molar-refractivity contribution in [3.8, 4) is 5.75 Å². The van der Waals surface area contributed by atoms with Crippen LogP contribution in [0, 0.1) is 0 Å². The standard InChI is InChI=1S/C21H32N6O5/c1-20(2,3)32-19(30)24-13-17(28)27(14-15-7-9-16(31-6)10-8-15)21(4,5)18(29)23-11-12-25-26-22/h7-10H,11-14H2,1-6H3,(H,23,29)(H,24,30). The number of amides is 3. The molecule has 2 N–H and O–H groups in total. The fourth-order valence-corrected chi connectivity index (χ4v) is 2.67. The van der Waals surface area contributed by atoms with E-state index < -0.39 is 29.0 Å². The van der Waals surface area contributed by atoms with Crippen LogP contribution < -0.4 is 15.4 Å². The molecule has 0 aliphatic rings. The average molecular weight is 449 g/mol. The van der Waals surface area contributed by atoms with E-state index in [2.05, 4.69) is 20.7 Å². The number of methoxy groups -OCH3 is 1. The Kier molecular flexibility index (Phi) is 9.80. The number of carbonyl (C=O) groups is 3. The van der Waals surface area contributed by atoms with Crippen LogP contribution >= 0.6 is 0 Å². The van der Waals surface area contributed by atoms with Crippen molar-refractivity contribution >= 4 is 17.9 Å². The molecule has 0 saturated carbocycles. The maximum atomic E-state index is 13.1. The summed E-state index contributed by atoms with van der Waals surface area (Å²) in [5.41, 5.74) is 7.17. The number of alkyl carbamates (subject to hydrolysis) is 1. The third-order valence-corrected chi connectivity index (χ3v) is 4.37. The first kappa shape index (κ1) is 26.6. The van der Waals surface area contributed by atoms with E-state index in [4.69, 9.17) is 15.0 Å². The molecule has 0 aliphatic carbocycles. The van der Waals surface area contributed by atoms with Gasteiger partial charge in [0.05, 0.1) is 7.11 Å². The Labute approximate surface area is 188 Å². The fraction of sp³-hybridized carbons (Fsp3) is 0.571. The molecule has 1 rings (SSSR count). The van der Waals surface area contributed by atoms with Crippen LogP contribution in [-0.2, 0) is 20.9 Å². The lowest BCUT2D eigenvalue weighted by Gasteiger charge is -2.37. The molecule has 0 spiro atoms. The minimum absolute atomic E-state index is 0.0882. The largest absolute Gasteiger partial charge is 0.497 e. The van der Waals surface area contributed by atoms with E-state index in [1.54, 1.807) is 66.0 Å².